The number of hydrogen-bond acceptors (Lipinski definition) is 3. The minimum Gasteiger partial charge on any atom is -0.465 e. The van der Waals surface area contributed by atoms with Gasteiger partial charge in [-0.05, 0) is 49.6 Å². The zero-order valence-electron chi connectivity index (χ0n) is 13.0. The number of hydrogen-bond donors (Lipinski definition) is 1. The number of rotatable bonds is 4. The van der Waals surface area contributed by atoms with E-state index in [-0.39, 0.29) is 5.97 Å². The highest BCUT2D eigenvalue weighted by Gasteiger charge is 2.08. The van der Waals surface area contributed by atoms with Crippen LogP contribution in [0.2, 0.25) is 0 Å². The first-order valence-corrected chi connectivity index (χ1v) is 7.00. The summed E-state index contributed by atoms with van der Waals surface area (Å²) in [5.74, 6) is -0.315. The van der Waals surface area contributed by atoms with Crippen LogP contribution in [0, 0.1) is 20.8 Å². The second-order valence-corrected chi connectivity index (χ2v) is 5.30. The Hall–Kier alpha value is -2.29. The topological polar surface area (TPSA) is 38.3 Å². The highest BCUT2D eigenvalue weighted by Crippen LogP contribution is 2.19. The van der Waals surface area contributed by atoms with Gasteiger partial charge in [0, 0.05) is 12.2 Å². The van der Waals surface area contributed by atoms with Gasteiger partial charge in [0.15, 0.2) is 0 Å². The van der Waals surface area contributed by atoms with Crippen molar-refractivity contribution < 1.29 is 9.53 Å². The Morgan fingerprint density at radius 3 is 2.48 bits per heavy atom. The predicted octanol–water partition coefficient (Wildman–Crippen LogP) is 4.01. The van der Waals surface area contributed by atoms with Gasteiger partial charge in [0.2, 0.25) is 0 Å². The molecule has 110 valence electrons. The molecule has 2 rings (SSSR count). The van der Waals surface area contributed by atoms with Crippen LogP contribution in [0.25, 0.3) is 0 Å². The lowest BCUT2D eigenvalue weighted by Gasteiger charge is -2.13. The van der Waals surface area contributed by atoms with Crippen LogP contribution in [0.15, 0.2) is 36.4 Å². The lowest BCUT2D eigenvalue weighted by molar-refractivity contribution is 0.0601. The van der Waals surface area contributed by atoms with Crippen LogP contribution < -0.4 is 5.32 Å². The predicted molar refractivity (Wildman–Crippen MR) is 85.8 cm³/mol. The number of ether oxygens (including phenoxy) is 1. The Bertz CT molecular complexity index is 662. The minimum absolute atomic E-state index is 0.315. The van der Waals surface area contributed by atoms with Gasteiger partial charge in [0.05, 0.1) is 12.7 Å². The van der Waals surface area contributed by atoms with Gasteiger partial charge in [0.1, 0.15) is 0 Å². The molecule has 0 unspecified atom stereocenters. The second-order valence-electron chi connectivity index (χ2n) is 5.30. The summed E-state index contributed by atoms with van der Waals surface area (Å²) in [6.07, 6.45) is 0. The van der Waals surface area contributed by atoms with E-state index in [1.165, 1.54) is 23.8 Å². The summed E-state index contributed by atoms with van der Waals surface area (Å²) in [5.41, 5.74) is 6.41. The molecule has 0 bridgehead atoms. The maximum atomic E-state index is 11.6. The van der Waals surface area contributed by atoms with E-state index in [1.54, 1.807) is 6.07 Å². The molecule has 0 aliphatic rings. The molecule has 0 heterocycles. The molecule has 2 aromatic rings. The summed E-state index contributed by atoms with van der Waals surface area (Å²) in [6, 6.07) is 12.0. The highest BCUT2D eigenvalue weighted by molar-refractivity contribution is 5.90. The largest absolute Gasteiger partial charge is 0.465 e. The molecule has 0 saturated carbocycles. The van der Waals surface area contributed by atoms with Gasteiger partial charge in [0.25, 0.3) is 0 Å². The van der Waals surface area contributed by atoms with E-state index < -0.39 is 0 Å². The molecule has 0 atom stereocenters. The molecular weight excluding hydrogens is 262 g/mol. The highest BCUT2D eigenvalue weighted by atomic mass is 16.5. The third kappa shape index (κ3) is 3.63. The zero-order chi connectivity index (χ0) is 15.4. The average Bonchev–Trinajstić information content (AvgIpc) is 2.47. The Labute approximate surface area is 126 Å². The zero-order valence-corrected chi connectivity index (χ0v) is 13.0. The summed E-state index contributed by atoms with van der Waals surface area (Å²) in [6.45, 7) is 6.96. The second kappa shape index (κ2) is 6.44. The molecule has 2 aromatic carbocycles. The molecule has 3 heteroatoms. The van der Waals surface area contributed by atoms with E-state index in [4.69, 9.17) is 4.74 Å². The smallest absolute Gasteiger partial charge is 0.337 e. The Balaban J connectivity index is 2.17. The Morgan fingerprint density at radius 2 is 1.81 bits per heavy atom. The summed E-state index contributed by atoms with van der Waals surface area (Å²) in [4.78, 5) is 11.6. The van der Waals surface area contributed by atoms with Gasteiger partial charge in [-0.25, -0.2) is 4.79 Å². The number of methoxy groups -OCH3 is 1. The first kappa shape index (κ1) is 15.1. The summed E-state index contributed by atoms with van der Waals surface area (Å²) in [5, 5.41) is 3.40. The number of esters is 1. The van der Waals surface area contributed by atoms with E-state index in [9.17, 15) is 4.79 Å². The third-order valence-corrected chi connectivity index (χ3v) is 3.63. The monoisotopic (exact) mass is 283 g/mol. The number of anilines is 1. The van der Waals surface area contributed by atoms with E-state index >= 15 is 0 Å². The normalized spacial score (nSPS) is 10.3. The van der Waals surface area contributed by atoms with Gasteiger partial charge in [-0.2, -0.15) is 0 Å². The molecule has 0 aliphatic carbocycles. The summed E-state index contributed by atoms with van der Waals surface area (Å²) < 4.78 is 4.76. The Kier molecular flexibility index (Phi) is 4.63. The van der Waals surface area contributed by atoms with Gasteiger partial charge < -0.3 is 10.1 Å². The number of carbonyl (C=O) groups is 1. The van der Waals surface area contributed by atoms with Gasteiger partial charge in [-0.1, -0.05) is 29.8 Å². The average molecular weight is 283 g/mol. The third-order valence-electron chi connectivity index (χ3n) is 3.63. The van der Waals surface area contributed by atoms with Crippen LogP contribution >= 0.6 is 0 Å². The fraction of sp³-hybridized carbons (Fsp3) is 0.278. The number of aryl methyl sites for hydroxylation is 3. The molecule has 1 N–H and O–H groups in total. The van der Waals surface area contributed by atoms with Crippen molar-refractivity contribution in [2.45, 2.75) is 27.3 Å². The summed E-state index contributed by atoms with van der Waals surface area (Å²) in [7, 11) is 1.39. The minimum atomic E-state index is -0.315. The van der Waals surface area contributed by atoms with Crippen LogP contribution in [-0.4, -0.2) is 13.1 Å². The van der Waals surface area contributed by atoms with Crippen molar-refractivity contribution in [3.8, 4) is 0 Å². The number of nitrogens with one attached hydrogen (secondary N) is 1. The molecule has 0 aliphatic heterocycles. The molecule has 0 amide bonds. The van der Waals surface area contributed by atoms with Gasteiger partial charge >= 0.3 is 5.97 Å². The van der Waals surface area contributed by atoms with Crippen LogP contribution in [0.5, 0.6) is 0 Å². The number of carbonyl (C=O) groups excluding carboxylic acids is 1. The van der Waals surface area contributed by atoms with Crippen molar-refractivity contribution in [3.05, 3.63) is 64.2 Å². The van der Waals surface area contributed by atoms with E-state index in [1.807, 2.05) is 19.1 Å². The van der Waals surface area contributed by atoms with Crippen LogP contribution in [-0.2, 0) is 11.3 Å². The molecule has 0 saturated heterocycles. The molecule has 0 aromatic heterocycles. The van der Waals surface area contributed by atoms with E-state index in [0.717, 1.165) is 17.8 Å². The molecule has 3 nitrogen and oxygen atoms in total. The number of benzene rings is 2. The fourth-order valence-corrected chi connectivity index (χ4v) is 2.29. The van der Waals surface area contributed by atoms with Crippen molar-refractivity contribution >= 4 is 11.7 Å². The molecular formula is C18H21NO2. The lowest BCUT2D eigenvalue weighted by atomic mass is 10.1. The quantitative estimate of drug-likeness (QED) is 0.862. The van der Waals surface area contributed by atoms with Crippen molar-refractivity contribution in [3.63, 3.8) is 0 Å². The fourth-order valence-electron chi connectivity index (χ4n) is 2.29. The SMILES string of the molecule is COC(=O)c1ccc(C)c(NCc2ccc(C)cc2C)c1. The summed E-state index contributed by atoms with van der Waals surface area (Å²) >= 11 is 0. The molecule has 0 radical (unpaired) electrons. The maximum absolute atomic E-state index is 11.6. The van der Waals surface area contributed by atoms with Gasteiger partial charge in [-0.3, -0.25) is 0 Å². The van der Waals surface area contributed by atoms with Crippen LogP contribution in [0.3, 0.4) is 0 Å². The van der Waals surface area contributed by atoms with Crippen molar-refractivity contribution in [1.29, 1.82) is 0 Å². The molecule has 0 fully saturated rings. The lowest BCUT2D eigenvalue weighted by Crippen LogP contribution is -2.06. The first-order valence-electron chi connectivity index (χ1n) is 7.00. The molecule has 0 spiro atoms. The standard InChI is InChI=1S/C18H21NO2/c1-12-5-7-16(14(3)9-12)11-19-17-10-15(18(20)21-4)8-6-13(17)2/h5-10,19H,11H2,1-4H3. The maximum Gasteiger partial charge on any atom is 0.337 e. The van der Waals surface area contributed by atoms with Crippen molar-refractivity contribution in [2.24, 2.45) is 0 Å². The van der Waals surface area contributed by atoms with Crippen LogP contribution in [0.1, 0.15) is 32.6 Å². The first-order chi connectivity index (χ1) is 10.0. The van der Waals surface area contributed by atoms with Crippen LogP contribution in [0.4, 0.5) is 5.69 Å². The van der Waals surface area contributed by atoms with Crippen molar-refractivity contribution in [2.75, 3.05) is 12.4 Å². The molecule has 21 heavy (non-hydrogen) atoms. The van der Waals surface area contributed by atoms with E-state index in [0.29, 0.717) is 5.56 Å². The van der Waals surface area contributed by atoms with Crippen molar-refractivity contribution in [1.82, 2.24) is 0 Å². The Morgan fingerprint density at radius 1 is 1.05 bits per heavy atom. The van der Waals surface area contributed by atoms with Gasteiger partial charge in [-0.15, -0.1) is 0 Å². The van der Waals surface area contributed by atoms with E-state index in [2.05, 4.69) is 37.4 Å².